The van der Waals surface area contributed by atoms with Crippen LogP contribution in [-0.2, 0) is 14.3 Å². The van der Waals surface area contributed by atoms with E-state index in [4.69, 9.17) is 21.1 Å². The number of hydrogen-bond acceptors (Lipinski definition) is 3. The van der Waals surface area contributed by atoms with E-state index in [1.54, 1.807) is 0 Å². The minimum atomic E-state index is -0.313. The molecule has 1 unspecified atom stereocenters. The Balaban J connectivity index is 1.96. The molecule has 1 fully saturated rings. The van der Waals surface area contributed by atoms with Gasteiger partial charge in [-0.25, -0.2) is 4.79 Å². The first kappa shape index (κ1) is 12.8. The summed E-state index contributed by atoms with van der Waals surface area (Å²) in [5.74, 6) is 0.539. The quantitative estimate of drug-likeness (QED) is 0.386. The number of unbranched alkanes of at least 4 members (excludes halogenated alkanes) is 3. The second-order valence-electron chi connectivity index (χ2n) is 3.77. The van der Waals surface area contributed by atoms with Crippen LogP contribution in [0.5, 0.6) is 0 Å². The van der Waals surface area contributed by atoms with Crippen LogP contribution in [0.25, 0.3) is 0 Å². The molecule has 0 aromatic heterocycles. The van der Waals surface area contributed by atoms with Gasteiger partial charge in [0.15, 0.2) is 6.10 Å². The van der Waals surface area contributed by atoms with E-state index >= 15 is 0 Å². The Bertz CT molecular complexity index is 185. The highest BCUT2D eigenvalue weighted by atomic mass is 35.5. The number of carbonyl (C=O) groups is 1. The van der Waals surface area contributed by atoms with Crippen LogP contribution in [0, 0.1) is 0 Å². The van der Waals surface area contributed by atoms with Crippen molar-refractivity contribution in [3.63, 3.8) is 0 Å². The third-order valence-corrected chi connectivity index (χ3v) is 2.73. The predicted molar refractivity (Wildman–Crippen MR) is 59.1 cm³/mol. The summed E-state index contributed by atoms with van der Waals surface area (Å²) in [7, 11) is 0. The van der Waals surface area contributed by atoms with Crippen LogP contribution in [0.3, 0.4) is 0 Å². The molecule has 1 heterocycles. The molecule has 0 aromatic carbocycles. The summed E-state index contributed by atoms with van der Waals surface area (Å²) in [6, 6.07) is 0. The molecule has 4 heteroatoms. The van der Waals surface area contributed by atoms with E-state index in [1.807, 2.05) is 0 Å². The maximum absolute atomic E-state index is 11.2. The summed E-state index contributed by atoms with van der Waals surface area (Å²) in [6.45, 7) is 1.20. The van der Waals surface area contributed by atoms with E-state index in [9.17, 15) is 4.79 Å². The number of rotatable bonds is 7. The molecule has 0 N–H and O–H groups in total. The number of alkyl halides is 1. The third kappa shape index (κ3) is 5.38. The first-order chi connectivity index (χ1) is 7.34. The van der Waals surface area contributed by atoms with Gasteiger partial charge in [0.1, 0.15) is 0 Å². The molecule has 0 bridgehead atoms. The van der Waals surface area contributed by atoms with E-state index in [0.29, 0.717) is 13.2 Å². The fraction of sp³-hybridized carbons (Fsp3) is 0.909. The summed E-state index contributed by atoms with van der Waals surface area (Å²) < 4.78 is 10.4. The molecule has 1 saturated heterocycles. The van der Waals surface area contributed by atoms with E-state index in [1.165, 1.54) is 0 Å². The Morgan fingerprint density at radius 2 is 2.13 bits per heavy atom. The monoisotopic (exact) mass is 234 g/mol. The zero-order valence-corrected chi connectivity index (χ0v) is 9.80. The van der Waals surface area contributed by atoms with Crippen molar-refractivity contribution >= 4 is 17.6 Å². The van der Waals surface area contributed by atoms with Crippen molar-refractivity contribution in [3.8, 4) is 0 Å². The largest absolute Gasteiger partial charge is 0.464 e. The van der Waals surface area contributed by atoms with E-state index in [2.05, 4.69) is 0 Å². The van der Waals surface area contributed by atoms with Gasteiger partial charge in [-0.15, -0.1) is 11.6 Å². The highest BCUT2D eigenvalue weighted by Crippen LogP contribution is 2.12. The van der Waals surface area contributed by atoms with E-state index < -0.39 is 0 Å². The van der Waals surface area contributed by atoms with E-state index in [-0.39, 0.29) is 12.1 Å². The fourth-order valence-corrected chi connectivity index (χ4v) is 1.77. The van der Waals surface area contributed by atoms with Crippen LogP contribution in [0.4, 0.5) is 0 Å². The van der Waals surface area contributed by atoms with Crippen LogP contribution < -0.4 is 0 Å². The molecular formula is C11H19ClO3. The summed E-state index contributed by atoms with van der Waals surface area (Å²) in [5.41, 5.74) is 0. The van der Waals surface area contributed by atoms with Crippen LogP contribution in [0.1, 0.15) is 38.5 Å². The summed E-state index contributed by atoms with van der Waals surface area (Å²) in [6.07, 6.45) is 5.74. The highest BCUT2D eigenvalue weighted by Gasteiger charge is 2.24. The van der Waals surface area contributed by atoms with Gasteiger partial charge in [-0.1, -0.05) is 12.8 Å². The van der Waals surface area contributed by atoms with Crippen molar-refractivity contribution in [2.75, 3.05) is 19.1 Å². The second-order valence-corrected chi connectivity index (χ2v) is 4.15. The first-order valence-electron chi connectivity index (χ1n) is 5.69. The molecule has 1 aliphatic rings. The highest BCUT2D eigenvalue weighted by molar-refractivity contribution is 6.17. The molecule has 1 rings (SSSR count). The van der Waals surface area contributed by atoms with Gasteiger partial charge in [0.25, 0.3) is 0 Å². The van der Waals surface area contributed by atoms with Crippen molar-refractivity contribution in [2.45, 2.75) is 44.6 Å². The van der Waals surface area contributed by atoms with Gasteiger partial charge in [0.2, 0.25) is 0 Å². The number of carbonyl (C=O) groups excluding carboxylic acids is 1. The molecule has 0 spiro atoms. The summed E-state index contributed by atoms with van der Waals surface area (Å²) in [4.78, 5) is 11.2. The Hall–Kier alpha value is -0.280. The van der Waals surface area contributed by atoms with Crippen molar-refractivity contribution in [1.29, 1.82) is 0 Å². The van der Waals surface area contributed by atoms with Gasteiger partial charge in [-0.2, -0.15) is 0 Å². The van der Waals surface area contributed by atoms with Gasteiger partial charge >= 0.3 is 5.97 Å². The lowest BCUT2D eigenvalue weighted by Gasteiger charge is -2.20. The molecule has 0 amide bonds. The molecule has 0 aromatic rings. The lowest BCUT2D eigenvalue weighted by atomic mass is 10.1. The van der Waals surface area contributed by atoms with Crippen LogP contribution in [0.15, 0.2) is 0 Å². The minimum Gasteiger partial charge on any atom is -0.464 e. The molecule has 0 saturated carbocycles. The topological polar surface area (TPSA) is 35.5 Å². The van der Waals surface area contributed by atoms with Crippen molar-refractivity contribution in [2.24, 2.45) is 0 Å². The Labute approximate surface area is 96.1 Å². The van der Waals surface area contributed by atoms with Gasteiger partial charge in [0.05, 0.1) is 6.61 Å². The fourth-order valence-electron chi connectivity index (χ4n) is 1.58. The molecule has 1 aliphatic heterocycles. The molecule has 0 aliphatic carbocycles. The Kier molecular flexibility index (Phi) is 6.77. The molecule has 1 atom stereocenters. The van der Waals surface area contributed by atoms with Crippen molar-refractivity contribution < 1.29 is 14.3 Å². The second kappa shape index (κ2) is 7.94. The Morgan fingerprint density at radius 3 is 2.87 bits per heavy atom. The maximum Gasteiger partial charge on any atom is 0.335 e. The number of esters is 1. The van der Waals surface area contributed by atoms with Gasteiger partial charge in [-0.3, -0.25) is 0 Å². The van der Waals surface area contributed by atoms with Crippen molar-refractivity contribution in [1.82, 2.24) is 0 Å². The van der Waals surface area contributed by atoms with Gasteiger partial charge < -0.3 is 9.47 Å². The SMILES string of the molecule is O=C1OCCCC1OCCCCCCCl. The number of cyclic esters (lactones) is 1. The zero-order valence-electron chi connectivity index (χ0n) is 9.04. The zero-order chi connectivity index (χ0) is 10.9. The third-order valence-electron chi connectivity index (χ3n) is 2.46. The molecule has 88 valence electrons. The minimum absolute atomic E-state index is 0.193. The number of ether oxygens (including phenoxy) is 2. The lowest BCUT2D eigenvalue weighted by molar-refractivity contribution is -0.163. The average Bonchev–Trinajstić information content (AvgIpc) is 2.25. The number of hydrogen-bond donors (Lipinski definition) is 0. The first-order valence-corrected chi connectivity index (χ1v) is 6.22. The molecule has 0 radical (unpaired) electrons. The van der Waals surface area contributed by atoms with Crippen LogP contribution in [-0.4, -0.2) is 31.2 Å². The Morgan fingerprint density at radius 1 is 1.33 bits per heavy atom. The standard InChI is InChI=1S/C11H19ClO3/c12-7-3-1-2-4-8-14-10-6-5-9-15-11(10)13/h10H,1-9H2. The van der Waals surface area contributed by atoms with Crippen LogP contribution in [0.2, 0.25) is 0 Å². The van der Waals surface area contributed by atoms with E-state index in [0.717, 1.165) is 44.4 Å². The summed E-state index contributed by atoms with van der Waals surface area (Å²) >= 11 is 5.56. The smallest absolute Gasteiger partial charge is 0.335 e. The predicted octanol–water partition coefficient (Wildman–Crippen LogP) is 2.51. The van der Waals surface area contributed by atoms with Crippen molar-refractivity contribution in [3.05, 3.63) is 0 Å². The molecule has 3 nitrogen and oxygen atoms in total. The normalized spacial score (nSPS) is 21.4. The lowest BCUT2D eigenvalue weighted by Crippen LogP contribution is -2.31. The summed E-state index contributed by atoms with van der Waals surface area (Å²) in [5, 5.41) is 0. The number of halogens is 1. The molecular weight excluding hydrogens is 216 g/mol. The molecule has 15 heavy (non-hydrogen) atoms. The van der Waals surface area contributed by atoms with Gasteiger partial charge in [-0.05, 0) is 25.7 Å². The maximum atomic E-state index is 11.2. The van der Waals surface area contributed by atoms with Gasteiger partial charge in [0, 0.05) is 12.5 Å². The average molecular weight is 235 g/mol. The van der Waals surface area contributed by atoms with Crippen LogP contribution >= 0.6 is 11.6 Å².